The summed E-state index contributed by atoms with van der Waals surface area (Å²) in [5.74, 6) is -0.698. The lowest BCUT2D eigenvalue weighted by Crippen LogP contribution is -2.40. The van der Waals surface area contributed by atoms with Crippen LogP contribution in [0, 0.1) is 6.92 Å². The third-order valence-corrected chi connectivity index (χ3v) is 6.06. The lowest BCUT2D eigenvalue weighted by atomic mass is 10.1. The predicted octanol–water partition coefficient (Wildman–Crippen LogP) is 5.41. The van der Waals surface area contributed by atoms with Crippen molar-refractivity contribution in [3.8, 4) is 17.0 Å². The van der Waals surface area contributed by atoms with Gasteiger partial charge >= 0.3 is 6.09 Å². The maximum absolute atomic E-state index is 13.1. The average Bonchev–Trinajstić information content (AvgIpc) is 3.29. The first-order valence-corrected chi connectivity index (χ1v) is 13.0. The van der Waals surface area contributed by atoms with E-state index in [-0.39, 0.29) is 56.5 Å². The van der Waals surface area contributed by atoms with Crippen LogP contribution in [0.2, 0.25) is 10.0 Å². The minimum absolute atomic E-state index is 0.0137. The summed E-state index contributed by atoms with van der Waals surface area (Å²) in [6, 6.07) is 9.84. The van der Waals surface area contributed by atoms with Gasteiger partial charge in [0.25, 0.3) is 5.91 Å². The maximum Gasteiger partial charge on any atom is 0.411 e. The summed E-state index contributed by atoms with van der Waals surface area (Å²) in [5, 5.41) is 21.0. The average molecular weight is 639 g/mol. The van der Waals surface area contributed by atoms with Crippen LogP contribution in [0.15, 0.2) is 58.6 Å². The number of nitrogens with one attached hydrogen (secondary N) is 3. The fourth-order valence-electron chi connectivity index (χ4n) is 3.26. The molecule has 3 amide bonds. The molecular weight excluding hydrogens is 617 g/mol. The Morgan fingerprint density at radius 2 is 1.87 bits per heavy atom. The molecule has 14 heteroatoms. The third kappa shape index (κ3) is 8.06. The first-order chi connectivity index (χ1) is 18.6. The van der Waals surface area contributed by atoms with Crippen molar-refractivity contribution in [1.82, 2.24) is 15.8 Å². The second-order valence-corrected chi connectivity index (χ2v) is 9.13. The molecule has 39 heavy (non-hydrogen) atoms. The standard InChI is InChI=1S/C25H22BrCl2N5O6/c1-3-8-38-16-6-4-15(5-7-16)21-20(13(2)39-33-21)23(35)31-24(32-25(36)37)29-12-14-9-17(27)22(18(28)10-14)30-19(34)11-26/h3-7,9-10H,1,8,11-12H2,2H3,(H,30,34)(H,36,37)(H2,29,31,32,35). The summed E-state index contributed by atoms with van der Waals surface area (Å²) in [4.78, 5) is 40.1. The number of rotatable bonds is 9. The zero-order chi connectivity index (χ0) is 28.5. The lowest BCUT2D eigenvalue weighted by molar-refractivity contribution is -0.113. The number of aromatic nitrogens is 1. The number of carbonyl (C=O) groups excluding carboxylic acids is 2. The first-order valence-electron chi connectivity index (χ1n) is 11.1. The number of ether oxygens (including phenoxy) is 1. The van der Waals surface area contributed by atoms with Crippen molar-refractivity contribution in [3.63, 3.8) is 0 Å². The van der Waals surface area contributed by atoms with Crippen LogP contribution in [0.5, 0.6) is 5.75 Å². The molecule has 0 aliphatic carbocycles. The van der Waals surface area contributed by atoms with Crippen molar-refractivity contribution in [2.45, 2.75) is 13.5 Å². The fraction of sp³-hybridized carbons (Fsp3) is 0.160. The Kier molecular flexibility index (Phi) is 10.5. The van der Waals surface area contributed by atoms with Crippen LogP contribution < -0.4 is 20.7 Å². The van der Waals surface area contributed by atoms with Gasteiger partial charge in [0, 0.05) is 12.1 Å². The summed E-state index contributed by atoms with van der Waals surface area (Å²) in [6.45, 7) is 5.46. The second-order valence-electron chi connectivity index (χ2n) is 7.75. The van der Waals surface area contributed by atoms with Gasteiger partial charge in [-0.05, 0) is 48.9 Å². The summed E-state index contributed by atoms with van der Waals surface area (Å²) >= 11 is 15.5. The van der Waals surface area contributed by atoms with Crippen molar-refractivity contribution >= 4 is 68.7 Å². The topological polar surface area (TPSA) is 155 Å². The van der Waals surface area contributed by atoms with Crippen LogP contribution >= 0.6 is 39.1 Å². The Labute approximate surface area is 241 Å². The van der Waals surface area contributed by atoms with E-state index in [1.54, 1.807) is 37.3 Å². The number of anilines is 1. The summed E-state index contributed by atoms with van der Waals surface area (Å²) < 4.78 is 10.7. The third-order valence-electron chi connectivity index (χ3n) is 4.96. The maximum atomic E-state index is 13.1. The molecule has 1 heterocycles. The monoisotopic (exact) mass is 637 g/mol. The molecule has 3 aromatic rings. The lowest BCUT2D eigenvalue weighted by Gasteiger charge is -2.13. The summed E-state index contributed by atoms with van der Waals surface area (Å²) in [7, 11) is 0. The Morgan fingerprint density at radius 1 is 1.21 bits per heavy atom. The molecule has 11 nitrogen and oxygen atoms in total. The van der Waals surface area contributed by atoms with Crippen LogP contribution in [-0.2, 0) is 11.3 Å². The van der Waals surface area contributed by atoms with Crippen LogP contribution in [0.3, 0.4) is 0 Å². The van der Waals surface area contributed by atoms with Crippen LogP contribution in [-0.4, -0.2) is 46.1 Å². The molecule has 0 radical (unpaired) electrons. The molecule has 3 rings (SSSR count). The van der Waals surface area contributed by atoms with E-state index in [9.17, 15) is 19.5 Å². The minimum Gasteiger partial charge on any atom is -0.490 e. The van der Waals surface area contributed by atoms with Gasteiger partial charge in [-0.2, -0.15) is 4.99 Å². The highest BCUT2D eigenvalue weighted by atomic mass is 79.9. The molecule has 4 N–H and O–H groups in total. The van der Waals surface area contributed by atoms with Gasteiger partial charge in [0.2, 0.25) is 11.9 Å². The smallest absolute Gasteiger partial charge is 0.411 e. The zero-order valence-corrected chi connectivity index (χ0v) is 23.5. The number of aliphatic imine (C=N–C) groups is 1. The van der Waals surface area contributed by atoms with Gasteiger partial charge in [-0.3, -0.25) is 14.9 Å². The Morgan fingerprint density at radius 3 is 2.46 bits per heavy atom. The van der Waals surface area contributed by atoms with E-state index < -0.39 is 12.0 Å². The van der Waals surface area contributed by atoms with Crippen molar-refractivity contribution in [2.75, 3.05) is 17.3 Å². The Balaban J connectivity index is 1.83. The molecule has 0 aliphatic heterocycles. The number of carbonyl (C=O) groups is 3. The normalized spacial score (nSPS) is 11.0. The molecule has 0 fully saturated rings. The molecule has 2 aromatic carbocycles. The van der Waals surface area contributed by atoms with E-state index in [0.29, 0.717) is 23.5 Å². The highest BCUT2D eigenvalue weighted by Gasteiger charge is 2.23. The van der Waals surface area contributed by atoms with E-state index in [1.807, 2.05) is 0 Å². The number of carboxylic acid groups (broad SMARTS) is 1. The number of benzene rings is 2. The number of aryl methyl sites for hydroxylation is 1. The first kappa shape index (κ1) is 29.7. The van der Waals surface area contributed by atoms with Gasteiger partial charge in [0.05, 0.1) is 21.1 Å². The van der Waals surface area contributed by atoms with E-state index in [1.165, 1.54) is 12.1 Å². The van der Waals surface area contributed by atoms with Gasteiger partial charge in [0.15, 0.2) is 0 Å². The number of halogens is 3. The van der Waals surface area contributed by atoms with Crippen LogP contribution in [0.25, 0.3) is 11.3 Å². The van der Waals surface area contributed by atoms with E-state index in [4.69, 9.17) is 32.5 Å². The van der Waals surface area contributed by atoms with Crippen molar-refractivity contribution in [3.05, 3.63) is 76.0 Å². The van der Waals surface area contributed by atoms with Crippen molar-refractivity contribution in [2.24, 2.45) is 4.99 Å². The number of nitrogens with zero attached hydrogens (tertiary/aromatic N) is 2. The van der Waals surface area contributed by atoms with Crippen molar-refractivity contribution < 1.29 is 28.8 Å². The van der Waals surface area contributed by atoms with Gasteiger partial charge in [-0.25, -0.2) is 4.79 Å². The predicted molar refractivity (Wildman–Crippen MR) is 151 cm³/mol. The molecule has 0 bridgehead atoms. The largest absolute Gasteiger partial charge is 0.490 e. The number of alkyl halides is 1. The summed E-state index contributed by atoms with van der Waals surface area (Å²) in [6.07, 6.45) is 0.166. The molecule has 204 valence electrons. The highest BCUT2D eigenvalue weighted by Crippen LogP contribution is 2.32. The molecule has 0 aliphatic rings. The summed E-state index contributed by atoms with van der Waals surface area (Å²) in [5.41, 5.74) is 1.60. The van der Waals surface area contributed by atoms with E-state index >= 15 is 0 Å². The van der Waals surface area contributed by atoms with Gasteiger partial charge in [0.1, 0.15) is 29.4 Å². The van der Waals surface area contributed by atoms with Gasteiger partial charge in [-0.1, -0.05) is 56.9 Å². The van der Waals surface area contributed by atoms with Crippen LogP contribution in [0.4, 0.5) is 10.5 Å². The number of guanidine groups is 1. The molecule has 0 unspecified atom stereocenters. The highest BCUT2D eigenvalue weighted by molar-refractivity contribution is 9.09. The quantitative estimate of drug-likeness (QED) is 0.105. The molecule has 0 saturated heterocycles. The number of amides is 3. The van der Waals surface area contributed by atoms with E-state index in [0.717, 1.165) is 0 Å². The minimum atomic E-state index is -1.45. The van der Waals surface area contributed by atoms with Gasteiger partial charge in [-0.15, -0.1) is 0 Å². The van der Waals surface area contributed by atoms with Gasteiger partial charge < -0.3 is 25.0 Å². The molecule has 1 aromatic heterocycles. The zero-order valence-electron chi connectivity index (χ0n) is 20.4. The van der Waals surface area contributed by atoms with E-state index in [2.05, 4.69) is 48.6 Å². The number of hydrogen-bond acceptors (Lipinski definition) is 6. The molecule has 0 atom stereocenters. The molecule has 0 spiro atoms. The molecular formula is C25H22BrCl2N5O6. The Hall–Kier alpha value is -3.87. The number of hydrogen-bond donors (Lipinski definition) is 4. The van der Waals surface area contributed by atoms with Crippen molar-refractivity contribution in [1.29, 1.82) is 0 Å². The second kappa shape index (κ2) is 13.8. The van der Waals surface area contributed by atoms with Crippen LogP contribution in [0.1, 0.15) is 21.7 Å². The SMILES string of the molecule is C=CCOc1ccc(-c2noc(C)c2C(=O)/N=C(/NCc2cc(Cl)c(NC(=O)CBr)c(Cl)c2)NC(=O)O)cc1. The Bertz CT molecular complexity index is 1400. The molecule has 0 saturated carbocycles. The fourth-order valence-corrected chi connectivity index (χ4v) is 4.03.